The molecule has 0 saturated heterocycles. The molecule has 1 aromatic carbocycles. The van der Waals surface area contributed by atoms with Crippen molar-refractivity contribution in [3.8, 4) is 0 Å². The fraction of sp³-hybridized carbons (Fsp3) is 0.455. The molecule has 0 aliphatic rings. The Morgan fingerprint density at radius 1 is 1.36 bits per heavy atom. The largest absolute Gasteiger partial charge is 0.207 e. The summed E-state index contributed by atoms with van der Waals surface area (Å²) in [6.45, 7) is 4.20. The predicted molar refractivity (Wildman–Crippen MR) is 65.4 cm³/mol. The average Bonchev–Trinajstić information content (AvgIpc) is 2.09. The highest BCUT2D eigenvalue weighted by Gasteiger charge is 2.12. The van der Waals surface area contributed by atoms with Crippen molar-refractivity contribution < 1.29 is 4.39 Å². The van der Waals surface area contributed by atoms with Gasteiger partial charge in [0.25, 0.3) is 0 Å². The van der Waals surface area contributed by atoms with Crippen LogP contribution in [0.15, 0.2) is 22.7 Å². The molecule has 0 N–H and O–H groups in total. The molecule has 0 aliphatic heterocycles. The van der Waals surface area contributed by atoms with Crippen LogP contribution in [0.3, 0.4) is 0 Å². The molecule has 1 aromatic rings. The van der Waals surface area contributed by atoms with E-state index in [-0.39, 0.29) is 5.82 Å². The van der Waals surface area contributed by atoms with E-state index in [4.69, 9.17) is 0 Å². The molecule has 3 heteroatoms. The Labute approximate surface area is 101 Å². The topological polar surface area (TPSA) is 0 Å². The van der Waals surface area contributed by atoms with Gasteiger partial charge in [0, 0.05) is 9.30 Å². The Kier molecular flexibility index (Phi) is 4.58. The first-order valence-electron chi connectivity index (χ1n) is 4.58. The molecule has 0 heterocycles. The number of alkyl halides is 1. The summed E-state index contributed by atoms with van der Waals surface area (Å²) in [7, 11) is 0. The molecule has 2 atom stereocenters. The van der Waals surface area contributed by atoms with E-state index in [1.165, 1.54) is 6.07 Å². The van der Waals surface area contributed by atoms with Gasteiger partial charge < -0.3 is 0 Å². The lowest BCUT2D eigenvalue weighted by molar-refractivity contribution is 0.544. The smallest absolute Gasteiger partial charge is 0.127 e. The van der Waals surface area contributed by atoms with Crippen LogP contribution in [0.1, 0.15) is 19.4 Å². The van der Waals surface area contributed by atoms with Gasteiger partial charge in [-0.3, -0.25) is 0 Å². The van der Waals surface area contributed by atoms with Crippen molar-refractivity contribution in [2.75, 3.05) is 0 Å². The maximum atomic E-state index is 13.4. The van der Waals surface area contributed by atoms with Crippen molar-refractivity contribution in [2.45, 2.75) is 25.1 Å². The number of rotatable bonds is 3. The van der Waals surface area contributed by atoms with Crippen LogP contribution in [0, 0.1) is 11.7 Å². The second kappa shape index (κ2) is 5.26. The van der Waals surface area contributed by atoms with Crippen molar-refractivity contribution in [3.05, 3.63) is 34.1 Å². The summed E-state index contributed by atoms with van der Waals surface area (Å²) in [5.41, 5.74) is 0.784. The molecule has 0 aliphatic carbocycles. The zero-order valence-electron chi connectivity index (χ0n) is 8.23. The predicted octanol–water partition coefficient (Wildman–Crippen LogP) is 4.55. The number of hydrogen-bond acceptors (Lipinski definition) is 0. The second-order valence-electron chi connectivity index (χ2n) is 3.59. The highest BCUT2D eigenvalue weighted by Crippen LogP contribution is 2.21. The van der Waals surface area contributed by atoms with Gasteiger partial charge in [0.2, 0.25) is 0 Å². The van der Waals surface area contributed by atoms with E-state index in [1.54, 1.807) is 0 Å². The molecule has 1 rings (SSSR count). The van der Waals surface area contributed by atoms with Crippen LogP contribution < -0.4 is 0 Å². The quantitative estimate of drug-likeness (QED) is 0.716. The van der Waals surface area contributed by atoms with Gasteiger partial charge in [-0.15, -0.1) is 0 Å². The van der Waals surface area contributed by atoms with Crippen LogP contribution in [-0.4, -0.2) is 4.83 Å². The van der Waals surface area contributed by atoms with Crippen molar-refractivity contribution >= 4 is 31.9 Å². The van der Waals surface area contributed by atoms with Gasteiger partial charge in [-0.25, -0.2) is 4.39 Å². The Hall–Kier alpha value is 0.110. The van der Waals surface area contributed by atoms with E-state index in [0.29, 0.717) is 10.7 Å². The Morgan fingerprint density at radius 3 is 2.50 bits per heavy atom. The first-order chi connectivity index (χ1) is 6.50. The minimum atomic E-state index is -0.126. The fourth-order valence-corrected chi connectivity index (χ4v) is 1.72. The fourth-order valence-electron chi connectivity index (χ4n) is 1.20. The number of hydrogen-bond donors (Lipinski definition) is 0. The molecular formula is C11H13Br2F. The van der Waals surface area contributed by atoms with E-state index in [1.807, 2.05) is 12.1 Å². The molecule has 14 heavy (non-hydrogen) atoms. The Morgan fingerprint density at radius 2 is 2.00 bits per heavy atom. The standard InChI is InChI=1S/C11H13Br2F/c1-7(8(2)12)5-9-3-4-10(13)6-11(9)14/h3-4,6-8H,5H2,1-2H3. The van der Waals surface area contributed by atoms with Gasteiger partial charge in [0.1, 0.15) is 5.82 Å². The molecule has 78 valence electrons. The molecule has 0 radical (unpaired) electrons. The first-order valence-corrected chi connectivity index (χ1v) is 6.29. The van der Waals surface area contributed by atoms with E-state index >= 15 is 0 Å². The van der Waals surface area contributed by atoms with Gasteiger partial charge in [-0.05, 0) is 30.0 Å². The van der Waals surface area contributed by atoms with Crippen molar-refractivity contribution in [2.24, 2.45) is 5.92 Å². The van der Waals surface area contributed by atoms with Crippen LogP contribution in [0.5, 0.6) is 0 Å². The minimum absolute atomic E-state index is 0.126. The molecule has 0 nitrogen and oxygen atoms in total. The van der Waals surface area contributed by atoms with Crippen LogP contribution >= 0.6 is 31.9 Å². The summed E-state index contributed by atoms with van der Waals surface area (Å²) in [6, 6.07) is 5.23. The lowest BCUT2D eigenvalue weighted by Crippen LogP contribution is -2.10. The number of benzene rings is 1. The van der Waals surface area contributed by atoms with Crippen molar-refractivity contribution in [1.82, 2.24) is 0 Å². The average molecular weight is 324 g/mol. The van der Waals surface area contributed by atoms with E-state index in [9.17, 15) is 4.39 Å². The molecule has 2 unspecified atom stereocenters. The van der Waals surface area contributed by atoms with Gasteiger partial charge in [-0.2, -0.15) is 0 Å². The maximum Gasteiger partial charge on any atom is 0.127 e. The molecule has 0 saturated carbocycles. The third-order valence-corrected chi connectivity index (χ3v) is 3.74. The summed E-state index contributed by atoms with van der Waals surface area (Å²) in [4.78, 5) is 0.408. The normalized spacial score (nSPS) is 15.2. The zero-order valence-corrected chi connectivity index (χ0v) is 11.4. The van der Waals surface area contributed by atoms with Crippen LogP contribution in [0.25, 0.3) is 0 Å². The molecule has 0 spiro atoms. The second-order valence-corrected chi connectivity index (χ2v) is 5.95. The highest BCUT2D eigenvalue weighted by atomic mass is 79.9. The van der Waals surface area contributed by atoms with Crippen LogP contribution in [0.4, 0.5) is 4.39 Å². The summed E-state index contributed by atoms with van der Waals surface area (Å²) < 4.78 is 14.2. The maximum absolute atomic E-state index is 13.4. The number of halogens is 3. The zero-order chi connectivity index (χ0) is 10.7. The first kappa shape index (κ1) is 12.2. The van der Waals surface area contributed by atoms with E-state index < -0.39 is 0 Å². The monoisotopic (exact) mass is 322 g/mol. The Bertz CT molecular complexity index is 310. The highest BCUT2D eigenvalue weighted by molar-refractivity contribution is 9.10. The molecule has 0 fully saturated rings. The van der Waals surface area contributed by atoms with Crippen LogP contribution in [-0.2, 0) is 6.42 Å². The molecular weight excluding hydrogens is 311 g/mol. The van der Waals surface area contributed by atoms with Crippen LogP contribution in [0.2, 0.25) is 0 Å². The molecule has 0 bridgehead atoms. The lowest BCUT2D eigenvalue weighted by Gasteiger charge is -2.14. The molecule has 0 amide bonds. The Balaban J connectivity index is 2.77. The SMILES string of the molecule is CC(Br)C(C)Cc1ccc(Br)cc1F. The van der Waals surface area contributed by atoms with Gasteiger partial charge in [-0.1, -0.05) is 51.8 Å². The van der Waals surface area contributed by atoms with E-state index in [0.717, 1.165) is 16.5 Å². The summed E-state index contributed by atoms with van der Waals surface area (Å²) in [6.07, 6.45) is 0.769. The lowest BCUT2D eigenvalue weighted by atomic mass is 9.98. The van der Waals surface area contributed by atoms with Gasteiger partial charge in [0.05, 0.1) is 0 Å². The summed E-state index contributed by atoms with van der Waals surface area (Å²) >= 11 is 6.75. The van der Waals surface area contributed by atoms with Crippen molar-refractivity contribution in [3.63, 3.8) is 0 Å². The third kappa shape index (κ3) is 3.35. The van der Waals surface area contributed by atoms with Crippen molar-refractivity contribution in [1.29, 1.82) is 0 Å². The minimum Gasteiger partial charge on any atom is -0.207 e. The summed E-state index contributed by atoms with van der Waals surface area (Å²) in [5.74, 6) is 0.310. The third-order valence-electron chi connectivity index (χ3n) is 2.34. The molecule has 0 aromatic heterocycles. The van der Waals surface area contributed by atoms with E-state index in [2.05, 4.69) is 45.7 Å². The summed E-state index contributed by atoms with van der Waals surface area (Å²) in [5, 5.41) is 0. The van der Waals surface area contributed by atoms with Gasteiger partial charge in [0.15, 0.2) is 0 Å². The van der Waals surface area contributed by atoms with Gasteiger partial charge >= 0.3 is 0 Å².